The van der Waals surface area contributed by atoms with Crippen molar-refractivity contribution in [1.82, 2.24) is 15.0 Å². The molecule has 0 aliphatic carbocycles. The zero-order valence-electron chi connectivity index (χ0n) is 12.8. The van der Waals surface area contributed by atoms with Crippen LogP contribution in [0.4, 0.5) is 0 Å². The van der Waals surface area contributed by atoms with Crippen LogP contribution in [0.2, 0.25) is 0 Å². The summed E-state index contributed by atoms with van der Waals surface area (Å²) >= 11 is 0. The van der Waals surface area contributed by atoms with Gasteiger partial charge >= 0.3 is 5.97 Å². The van der Waals surface area contributed by atoms with Gasteiger partial charge in [-0.25, -0.2) is 9.48 Å². The van der Waals surface area contributed by atoms with E-state index in [-0.39, 0.29) is 5.97 Å². The largest absolute Gasteiger partial charge is 0.465 e. The molecule has 0 aliphatic rings. The second kappa shape index (κ2) is 5.60. The van der Waals surface area contributed by atoms with Gasteiger partial charge in [-0.05, 0) is 54.8 Å². The maximum atomic E-state index is 11.4. The number of aryl methyl sites for hydroxylation is 2. The van der Waals surface area contributed by atoms with Crippen LogP contribution in [0.15, 0.2) is 36.4 Å². The fraction of sp³-hybridized carbons (Fsp3) is 0.235. The van der Waals surface area contributed by atoms with Crippen LogP contribution >= 0.6 is 0 Å². The molecule has 2 aromatic carbocycles. The third kappa shape index (κ3) is 2.57. The Morgan fingerprint density at radius 2 is 1.82 bits per heavy atom. The second-order valence-electron chi connectivity index (χ2n) is 5.36. The van der Waals surface area contributed by atoms with Crippen LogP contribution in [-0.4, -0.2) is 28.1 Å². The van der Waals surface area contributed by atoms with Crippen molar-refractivity contribution in [1.29, 1.82) is 0 Å². The Kier molecular flexibility index (Phi) is 3.63. The maximum Gasteiger partial charge on any atom is 0.337 e. The molecule has 112 valence electrons. The summed E-state index contributed by atoms with van der Waals surface area (Å²) in [5.74, 6) is -0.330. The summed E-state index contributed by atoms with van der Waals surface area (Å²) in [7, 11) is 1.38. The lowest BCUT2D eigenvalue weighted by Crippen LogP contribution is -2.04. The summed E-state index contributed by atoms with van der Waals surface area (Å²) < 4.78 is 6.57. The van der Waals surface area contributed by atoms with E-state index in [0.717, 1.165) is 16.6 Å². The average Bonchev–Trinajstić information content (AvgIpc) is 2.90. The van der Waals surface area contributed by atoms with E-state index in [1.54, 1.807) is 12.1 Å². The van der Waals surface area contributed by atoms with Gasteiger partial charge in [-0.1, -0.05) is 17.3 Å². The number of hydrogen-bond donors (Lipinski definition) is 0. The number of nitrogens with zero attached hydrogens (tertiary/aromatic N) is 3. The molecule has 0 atom stereocenters. The number of methoxy groups -OCH3 is 1. The highest BCUT2D eigenvalue weighted by Crippen LogP contribution is 2.18. The highest BCUT2D eigenvalue weighted by atomic mass is 16.5. The molecule has 0 aliphatic heterocycles. The number of carbonyl (C=O) groups is 1. The summed E-state index contributed by atoms with van der Waals surface area (Å²) in [5.41, 5.74) is 5.94. The van der Waals surface area contributed by atoms with E-state index in [0.29, 0.717) is 12.1 Å². The summed E-state index contributed by atoms with van der Waals surface area (Å²) in [6.45, 7) is 4.76. The molecule has 3 rings (SSSR count). The average molecular weight is 295 g/mol. The van der Waals surface area contributed by atoms with Crippen LogP contribution in [0, 0.1) is 13.8 Å². The first-order valence-corrected chi connectivity index (χ1v) is 7.06. The maximum absolute atomic E-state index is 11.4. The zero-order valence-corrected chi connectivity index (χ0v) is 12.8. The highest BCUT2D eigenvalue weighted by Gasteiger charge is 2.08. The number of hydrogen-bond acceptors (Lipinski definition) is 4. The van der Waals surface area contributed by atoms with Gasteiger partial charge < -0.3 is 4.74 Å². The van der Waals surface area contributed by atoms with Gasteiger partial charge in [-0.2, -0.15) is 0 Å². The highest BCUT2D eigenvalue weighted by molar-refractivity contribution is 5.89. The molecule has 0 saturated heterocycles. The first-order valence-electron chi connectivity index (χ1n) is 7.06. The number of aromatic nitrogens is 3. The minimum atomic E-state index is -0.330. The van der Waals surface area contributed by atoms with Crippen molar-refractivity contribution in [3.63, 3.8) is 0 Å². The monoisotopic (exact) mass is 295 g/mol. The van der Waals surface area contributed by atoms with E-state index in [4.69, 9.17) is 4.74 Å². The summed E-state index contributed by atoms with van der Waals surface area (Å²) in [6.07, 6.45) is 0. The van der Waals surface area contributed by atoms with Crippen molar-refractivity contribution in [2.24, 2.45) is 0 Å². The molecule has 0 bridgehead atoms. The Hall–Kier alpha value is -2.69. The van der Waals surface area contributed by atoms with E-state index in [2.05, 4.69) is 36.3 Å². The van der Waals surface area contributed by atoms with Crippen LogP contribution in [0.3, 0.4) is 0 Å². The lowest BCUT2D eigenvalue weighted by Gasteiger charge is -2.05. The third-order valence-corrected chi connectivity index (χ3v) is 3.84. The minimum Gasteiger partial charge on any atom is -0.465 e. The molecule has 22 heavy (non-hydrogen) atoms. The van der Waals surface area contributed by atoms with Crippen LogP contribution in [-0.2, 0) is 11.3 Å². The molecule has 5 heteroatoms. The Labute approximate surface area is 128 Å². The molecule has 0 saturated carbocycles. The summed E-state index contributed by atoms with van der Waals surface area (Å²) in [5, 5.41) is 8.44. The van der Waals surface area contributed by atoms with Crippen molar-refractivity contribution in [2.75, 3.05) is 7.11 Å². The summed E-state index contributed by atoms with van der Waals surface area (Å²) in [4.78, 5) is 11.4. The topological polar surface area (TPSA) is 57.0 Å². The van der Waals surface area contributed by atoms with Gasteiger partial charge in [0.15, 0.2) is 0 Å². The molecule has 0 radical (unpaired) electrons. The number of carbonyl (C=O) groups excluding carboxylic acids is 1. The van der Waals surface area contributed by atoms with E-state index in [1.165, 1.54) is 18.2 Å². The predicted octanol–water partition coefficient (Wildman–Crippen LogP) is 2.88. The molecule has 0 unspecified atom stereocenters. The molecule has 0 fully saturated rings. The number of rotatable bonds is 3. The number of fused-ring (bicyclic) bond motifs is 1. The number of benzene rings is 2. The van der Waals surface area contributed by atoms with Gasteiger partial charge in [0, 0.05) is 0 Å². The Balaban J connectivity index is 1.90. The molecular formula is C17H17N3O2. The van der Waals surface area contributed by atoms with Crippen molar-refractivity contribution < 1.29 is 9.53 Å². The van der Waals surface area contributed by atoms with E-state index < -0.39 is 0 Å². The van der Waals surface area contributed by atoms with Crippen LogP contribution < -0.4 is 0 Å². The second-order valence-corrected chi connectivity index (χ2v) is 5.36. The lowest BCUT2D eigenvalue weighted by atomic mass is 10.1. The van der Waals surface area contributed by atoms with Crippen molar-refractivity contribution in [3.05, 3.63) is 58.7 Å². The Bertz CT molecular complexity index is 835. The van der Waals surface area contributed by atoms with Crippen LogP contribution in [0.5, 0.6) is 0 Å². The van der Waals surface area contributed by atoms with Crippen molar-refractivity contribution >= 4 is 17.0 Å². The zero-order chi connectivity index (χ0) is 15.7. The number of esters is 1. The normalized spacial score (nSPS) is 10.9. The van der Waals surface area contributed by atoms with Gasteiger partial charge in [-0.15, -0.1) is 5.10 Å². The lowest BCUT2D eigenvalue weighted by molar-refractivity contribution is 0.0600. The Morgan fingerprint density at radius 3 is 2.50 bits per heavy atom. The van der Waals surface area contributed by atoms with Gasteiger partial charge in [0.1, 0.15) is 5.52 Å². The summed E-state index contributed by atoms with van der Waals surface area (Å²) in [6, 6.07) is 11.5. The first-order chi connectivity index (χ1) is 10.6. The fourth-order valence-electron chi connectivity index (χ4n) is 2.38. The molecule has 5 nitrogen and oxygen atoms in total. The molecule has 1 aromatic heterocycles. The van der Waals surface area contributed by atoms with E-state index in [1.807, 2.05) is 16.8 Å². The van der Waals surface area contributed by atoms with E-state index in [9.17, 15) is 4.79 Å². The Morgan fingerprint density at radius 1 is 1.14 bits per heavy atom. The SMILES string of the molecule is COC(=O)c1ccc(Cn2nnc3cc(C)c(C)cc32)cc1. The fourth-order valence-corrected chi connectivity index (χ4v) is 2.38. The molecule has 0 N–H and O–H groups in total. The molecule has 0 spiro atoms. The molecule has 0 amide bonds. The standard InChI is InChI=1S/C17H17N3O2/c1-11-8-15-16(9-12(11)2)20(19-18-15)10-13-4-6-14(7-5-13)17(21)22-3/h4-9H,10H2,1-3H3. The molecule has 3 aromatic rings. The van der Waals surface area contributed by atoms with E-state index >= 15 is 0 Å². The quantitative estimate of drug-likeness (QED) is 0.697. The molecule has 1 heterocycles. The molecular weight excluding hydrogens is 278 g/mol. The van der Waals surface area contributed by atoms with Crippen molar-refractivity contribution in [2.45, 2.75) is 20.4 Å². The first kappa shape index (κ1) is 14.3. The van der Waals surface area contributed by atoms with Gasteiger partial charge in [-0.3, -0.25) is 0 Å². The van der Waals surface area contributed by atoms with Crippen molar-refractivity contribution in [3.8, 4) is 0 Å². The van der Waals surface area contributed by atoms with Crippen LogP contribution in [0.1, 0.15) is 27.0 Å². The van der Waals surface area contributed by atoms with Gasteiger partial charge in [0.25, 0.3) is 0 Å². The smallest absolute Gasteiger partial charge is 0.337 e. The van der Waals surface area contributed by atoms with Crippen LogP contribution in [0.25, 0.3) is 11.0 Å². The minimum absolute atomic E-state index is 0.330. The van der Waals surface area contributed by atoms with Gasteiger partial charge in [0.2, 0.25) is 0 Å². The van der Waals surface area contributed by atoms with Gasteiger partial charge in [0.05, 0.1) is 24.7 Å². The predicted molar refractivity (Wildman–Crippen MR) is 83.9 cm³/mol. The number of ether oxygens (including phenoxy) is 1. The third-order valence-electron chi connectivity index (χ3n) is 3.84.